The second-order valence-electron chi connectivity index (χ2n) is 3.77. The van der Waals surface area contributed by atoms with Crippen LogP contribution in [0.1, 0.15) is 19.3 Å². The fourth-order valence-corrected chi connectivity index (χ4v) is 1.93. The van der Waals surface area contributed by atoms with Gasteiger partial charge in [0.2, 0.25) is 5.88 Å². The van der Waals surface area contributed by atoms with Crippen molar-refractivity contribution in [3.63, 3.8) is 0 Å². The molecular weight excluding hydrogens is 291 g/mol. The van der Waals surface area contributed by atoms with Gasteiger partial charge >= 0.3 is 0 Å². The van der Waals surface area contributed by atoms with Crippen LogP contribution < -0.4 is 10.1 Å². The zero-order valence-electron chi connectivity index (χ0n) is 8.99. The summed E-state index contributed by atoms with van der Waals surface area (Å²) < 4.78 is 6.58. The first-order valence-electron chi connectivity index (χ1n) is 5.32. The normalized spacial score (nSPS) is 19.9. The summed E-state index contributed by atoms with van der Waals surface area (Å²) in [5.74, 6) is 0.700. The molecule has 1 aliphatic heterocycles. The molecule has 0 radical (unpaired) electrons. The van der Waals surface area contributed by atoms with E-state index >= 15 is 0 Å². The summed E-state index contributed by atoms with van der Waals surface area (Å²) in [5, 5.41) is 3.44. The van der Waals surface area contributed by atoms with Crippen LogP contribution in [0.3, 0.4) is 0 Å². The van der Waals surface area contributed by atoms with E-state index in [-0.39, 0.29) is 12.4 Å². The average Bonchev–Trinajstić information content (AvgIpc) is 2.30. The molecule has 1 fully saturated rings. The first-order chi connectivity index (χ1) is 7.34. The SMILES string of the molecule is Brc1ccc(OCC2CCCCN2)nc1.Cl. The summed E-state index contributed by atoms with van der Waals surface area (Å²) in [5.41, 5.74) is 0. The van der Waals surface area contributed by atoms with Gasteiger partial charge in [0.25, 0.3) is 0 Å². The minimum Gasteiger partial charge on any atom is -0.476 e. The molecule has 5 heteroatoms. The number of nitrogens with zero attached hydrogens (tertiary/aromatic N) is 1. The van der Waals surface area contributed by atoms with Gasteiger partial charge in [-0.1, -0.05) is 6.42 Å². The Kier molecular flexibility index (Phi) is 6.09. The Morgan fingerprint density at radius 3 is 2.94 bits per heavy atom. The number of hydrogen-bond acceptors (Lipinski definition) is 3. The molecule has 1 saturated heterocycles. The number of aromatic nitrogens is 1. The van der Waals surface area contributed by atoms with Crippen molar-refractivity contribution in [1.82, 2.24) is 10.3 Å². The molecule has 2 rings (SSSR count). The molecule has 1 aromatic heterocycles. The third-order valence-corrected chi connectivity index (χ3v) is 3.01. The molecule has 0 bridgehead atoms. The predicted octanol–water partition coefficient (Wildman–Crippen LogP) is 2.79. The van der Waals surface area contributed by atoms with Crippen LogP contribution in [0.25, 0.3) is 0 Å². The van der Waals surface area contributed by atoms with E-state index in [0.29, 0.717) is 18.5 Å². The average molecular weight is 308 g/mol. The maximum absolute atomic E-state index is 5.61. The molecule has 0 amide bonds. The molecule has 90 valence electrons. The van der Waals surface area contributed by atoms with Crippen molar-refractivity contribution in [2.45, 2.75) is 25.3 Å². The number of piperidine rings is 1. The number of pyridine rings is 1. The first-order valence-corrected chi connectivity index (χ1v) is 6.11. The number of nitrogens with one attached hydrogen (secondary N) is 1. The van der Waals surface area contributed by atoms with E-state index in [0.717, 1.165) is 11.0 Å². The van der Waals surface area contributed by atoms with E-state index in [1.807, 2.05) is 12.1 Å². The maximum Gasteiger partial charge on any atom is 0.213 e. The van der Waals surface area contributed by atoms with Gasteiger partial charge in [-0.25, -0.2) is 4.98 Å². The summed E-state index contributed by atoms with van der Waals surface area (Å²) in [4.78, 5) is 4.17. The van der Waals surface area contributed by atoms with Gasteiger partial charge in [-0.05, 0) is 41.4 Å². The summed E-state index contributed by atoms with van der Waals surface area (Å²) in [6, 6.07) is 4.31. The Morgan fingerprint density at radius 1 is 1.44 bits per heavy atom. The van der Waals surface area contributed by atoms with Crippen molar-refractivity contribution >= 4 is 28.3 Å². The van der Waals surface area contributed by atoms with Crippen LogP contribution in [0, 0.1) is 0 Å². The second-order valence-corrected chi connectivity index (χ2v) is 4.69. The van der Waals surface area contributed by atoms with Gasteiger partial charge in [0.15, 0.2) is 0 Å². The van der Waals surface area contributed by atoms with Crippen LogP contribution in [-0.4, -0.2) is 24.2 Å². The molecule has 1 aromatic rings. The molecular formula is C11H16BrClN2O. The van der Waals surface area contributed by atoms with Crippen molar-refractivity contribution in [3.8, 4) is 5.88 Å². The molecule has 1 N–H and O–H groups in total. The van der Waals surface area contributed by atoms with Crippen molar-refractivity contribution < 1.29 is 4.74 Å². The lowest BCUT2D eigenvalue weighted by atomic mass is 10.1. The smallest absolute Gasteiger partial charge is 0.213 e. The second kappa shape index (κ2) is 7.09. The molecule has 2 heterocycles. The van der Waals surface area contributed by atoms with Crippen molar-refractivity contribution in [3.05, 3.63) is 22.8 Å². The Bertz CT molecular complexity index is 301. The molecule has 1 unspecified atom stereocenters. The van der Waals surface area contributed by atoms with Gasteiger partial charge in [-0.3, -0.25) is 0 Å². The van der Waals surface area contributed by atoms with Crippen molar-refractivity contribution in [1.29, 1.82) is 0 Å². The van der Waals surface area contributed by atoms with E-state index in [4.69, 9.17) is 4.74 Å². The molecule has 16 heavy (non-hydrogen) atoms. The fraction of sp³-hybridized carbons (Fsp3) is 0.545. The van der Waals surface area contributed by atoms with E-state index in [1.54, 1.807) is 6.20 Å². The zero-order valence-corrected chi connectivity index (χ0v) is 11.4. The Labute approximate surface area is 111 Å². The Balaban J connectivity index is 0.00000128. The van der Waals surface area contributed by atoms with E-state index in [2.05, 4.69) is 26.2 Å². The van der Waals surface area contributed by atoms with Crippen molar-refractivity contribution in [2.75, 3.05) is 13.2 Å². The van der Waals surface area contributed by atoms with Crippen LogP contribution in [0.5, 0.6) is 5.88 Å². The van der Waals surface area contributed by atoms with Crippen LogP contribution >= 0.6 is 28.3 Å². The van der Waals surface area contributed by atoms with Gasteiger partial charge < -0.3 is 10.1 Å². The molecule has 1 aliphatic rings. The third kappa shape index (κ3) is 4.28. The van der Waals surface area contributed by atoms with E-state index in [1.165, 1.54) is 19.3 Å². The standard InChI is InChI=1S/C11H15BrN2O.ClH/c12-9-4-5-11(14-7-9)15-8-10-3-1-2-6-13-10;/h4-5,7,10,13H,1-3,6,8H2;1H. The van der Waals surface area contributed by atoms with Crippen molar-refractivity contribution in [2.24, 2.45) is 0 Å². The Morgan fingerprint density at radius 2 is 2.31 bits per heavy atom. The molecule has 3 nitrogen and oxygen atoms in total. The maximum atomic E-state index is 5.61. The summed E-state index contributed by atoms with van der Waals surface area (Å²) in [6.45, 7) is 1.83. The monoisotopic (exact) mass is 306 g/mol. The van der Waals surface area contributed by atoms with Gasteiger partial charge in [0.05, 0.1) is 0 Å². The Hall–Kier alpha value is -0.320. The van der Waals surface area contributed by atoms with Crippen LogP contribution in [0.15, 0.2) is 22.8 Å². The van der Waals surface area contributed by atoms with Crippen LogP contribution in [-0.2, 0) is 0 Å². The zero-order chi connectivity index (χ0) is 10.5. The van der Waals surface area contributed by atoms with Gasteiger partial charge in [-0.2, -0.15) is 0 Å². The summed E-state index contributed by atoms with van der Waals surface area (Å²) in [7, 11) is 0. The fourth-order valence-electron chi connectivity index (χ4n) is 1.70. The number of hydrogen-bond donors (Lipinski definition) is 1. The van der Waals surface area contributed by atoms with Gasteiger partial charge in [-0.15, -0.1) is 12.4 Å². The molecule has 0 aromatic carbocycles. The van der Waals surface area contributed by atoms with Crippen LogP contribution in [0.4, 0.5) is 0 Å². The van der Waals surface area contributed by atoms with Gasteiger partial charge in [0.1, 0.15) is 6.61 Å². The topological polar surface area (TPSA) is 34.1 Å². The minimum absolute atomic E-state index is 0. The van der Waals surface area contributed by atoms with E-state index < -0.39 is 0 Å². The lowest BCUT2D eigenvalue weighted by Crippen LogP contribution is -2.38. The lowest BCUT2D eigenvalue weighted by Gasteiger charge is -2.23. The van der Waals surface area contributed by atoms with E-state index in [9.17, 15) is 0 Å². The molecule has 0 saturated carbocycles. The number of rotatable bonds is 3. The lowest BCUT2D eigenvalue weighted by molar-refractivity contribution is 0.232. The predicted molar refractivity (Wildman–Crippen MR) is 70.3 cm³/mol. The highest BCUT2D eigenvalue weighted by atomic mass is 79.9. The molecule has 0 spiro atoms. The largest absolute Gasteiger partial charge is 0.476 e. The minimum atomic E-state index is 0. The summed E-state index contributed by atoms with van der Waals surface area (Å²) in [6.07, 6.45) is 5.54. The third-order valence-electron chi connectivity index (χ3n) is 2.55. The molecule has 0 aliphatic carbocycles. The highest BCUT2D eigenvalue weighted by Gasteiger charge is 2.12. The highest BCUT2D eigenvalue weighted by Crippen LogP contribution is 2.13. The summed E-state index contributed by atoms with van der Waals surface area (Å²) >= 11 is 3.34. The molecule has 1 atom stereocenters. The first kappa shape index (κ1) is 13.7. The highest BCUT2D eigenvalue weighted by molar-refractivity contribution is 9.10. The number of ether oxygens (including phenoxy) is 1. The number of halogens is 2. The van der Waals surface area contributed by atoms with Crippen LogP contribution in [0.2, 0.25) is 0 Å². The quantitative estimate of drug-likeness (QED) is 0.932. The van der Waals surface area contributed by atoms with Gasteiger partial charge in [0, 0.05) is 22.8 Å².